The van der Waals surface area contributed by atoms with Crippen molar-refractivity contribution in [1.82, 2.24) is 0 Å². The molecule has 1 N–H and O–H groups in total. The molecule has 0 unspecified atom stereocenters. The highest BCUT2D eigenvalue weighted by molar-refractivity contribution is 5.90. The average Bonchev–Trinajstić information content (AvgIpc) is 2.38. The van der Waals surface area contributed by atoms with Gasteiger partial charge in [-0.15, -0.1) is 0 Å². The van der Waals surface area contributed by atoms with Gasteiger partial charge in [0.15, 0.2) is 0 Å². The van der Waals surface area contributed by atoms with E-state index in [9.17, 15) is 19.3 Å². The first-order valence-corrected chi connectivity index (χ1v) is 5.43. The summed E-state index contributed by atoms with van der Waals surface area (Å²) in [5.41, 5.74) is -0.768. The zero-order chi connectivity index (χ0) is 14.7. The minimum atomic E-state index is -1.19. The molecule has 0 aromatic heterocycles. The number of ether oxygens (including phenoxy) is 1. The molecule has 20 heavy (non-hydrogen) atoms. The number of carbonyl (C=O) groups is 1. The second kappa shape index (κ2) is 5.35. The van der Waals surface area contributed by atoms with E-state index in [-0.39, 0.29) is 17.1 Å². The Kier molecular flexibility index (Phi) is 3.60. The summed E-state index contributed by atoms with van der Waals surface area (Å²) in [6, 6.07) is 8.79. The second-order valence-electron chi connectivity index (χ2n) is 3.77. The third kappa shape index (κ3) is 2.72. The number of nitro benzene ring substituents is 1. The Labute approximate surface area is 112 Å². The number of para-hydroxylation sites is 1. The van der Waals surface area contributed by atoms with Crippen molar-refractivity contribution in [3.8, 4) is 11.5 Å². The Morgan fingerprint density at radius 1 is 1.25 bits per heavy atom. The SMILES string of the molecule is O=C(O)c1ccccc1Oc1ccc([N+](=O)[O-])c(F)c1. The van der Waals surface area contributed by atoms with Gasteiger partial charge in [-0.2, -0.15) is 4.39 Å². The highest BCUT2D eigenvalue weighted by atomic mass is 19.1. The van der Waals surface area contributed by atoms with Crippen LogP contribution in [0.1, 0.15) is 10.4 Å². The Hall–Kier alpha value is -2.96. The monoisotopic (exact) mass is 277 g/mol. The number of halogens is 1. The van der Waals surface area contributed by atoms with Gasteiger partial charge in [-0.1, -0.05) is 12.1 Å². The fourth-order valence-electron chi connectivity index (χ4n) is 1.56. The minimum Gasteiger partial charge on any atom is -0.478 e. The molecule has 0 radical (unpaired) electrons. The molecule has 0 aliphatic rings. The van der Waals surface area contributed by atoms with Crippen LogP contribution in [0.4, 0.5) is 10.1 Å². The van der Waals surface area contributed by atoms with Crippen LogP contribution < -0.4 is 4.74 Å². The van der Waals surface area contributed by atoms with E-state index in [4.69, 9.17) is 9.84 Å². The summed E-state index contributed by atoms with van der Waals surface area (Å²) in [4.78, 5) is 20.6. The van der Waals surface area contributed by atoms with Crippen molar-refractivity contribution in [2.45, 2.75) is 0 Å². The fraction of sp³-hybridized carbons (Fsp3) is 0. The Balaban J connectivity index is 2.34. The molecule has 2 rings (SSSR count). The Bertz CT molecular complexity index is 686. The second-order valence-corrected chi connectivity index (χ2v) is 3.77. The van der Waals surface area contributed by atoms with E-state index in [2.05, 4.69) is 0 Å². The third-order valence-corrected chi connectivity index (χ3v) is 2.46. The van der Waals surface area contributed by atoms with Crippen LogP contribution in [0.15, 0.2) is 42.5 Å². The lowest BCUT2D eigenvalue weighted by atomic mass is 10.2. The van der Waals surface area contributed by atoms with Gasteiger partial charge in [-0.3, -0.25) is 10.1 Å². The van der Waals surface area contributed by atoms with Crippen LogP contribution in [-0.2, 0) is 0 Å². The maximum atomic E-state index is 13.4. The van der Waals surface area contributed by atoms with E-state index < -0.39 is 22.4 Å². The largest absolute Gasteiger partial charge is 0.478 e. The van der Waals surface area contributed by atoms with Gasteiger partial charge in [0.2, 0.25) is 5.82 Å². The number of hydrogen-bond acceptors (Lipinski definition) is 4. The lowest BCUT2D eigenvalue weighted by molar-refractivity contribution is -0.387. The topological polar surface area (TPSA) is 89.7 Å². The molecular formula is C13H8FNO5. The number of hydrogen-bond donors (Lipinski definition) is 1. The van der Waals surface area contributed by atoms with Crippen molar-refractivity contribution in [1.29, 1.82) is 0 Å². The van der Waals surface area contributed by atoms with Crippen LogP contribution in [0, 0.1) is 15.9 Å². The Morgan fingerprint density at radius 2 is 1.95 bits per heavy atom. The highest BCUT2D eigenvalue weighted by Crippen LogP contribution is 2.28. The predicted molar refractivity (Wildman–Crippen MR) is 66.5 cm³/mol. The van der Waals surface area contributed by atoms with Crippen molar-refractivity contribution >= 4 is 11.7 Å². The molecule has 0 aliphatic heterocycles. The third-order valence-electron chi connectivity index (χ3n) is 2.46. The van der Waals surface area contributed by atoms with Gasteiger partial charge in [0, 0.05) is 12.1 Å². The highest BCUT2D eigenvalue weighted by Gasteiger charge is 2.16. The van der Waals surface area contributed by atoms with Gasteiger partial charge < -0.3 is 9.84 Å². The zero-order valence-corrected chi connectivity index (χ0v) is 9.95. The van der Waals surface area contributed by atoms with E-state index in [0.29, 0.717) is 0 Å². The number of rotatable bonds is 4. The molecule has 6 nitrogen and oxygen atoms in total. The fourth-order valence-corrected chi connectivity index (χ4v) is 1.56. The maximum absolute atomic E-state index is 13.4. The van der Waals surface area contributed by atoms with Gasteiger partial charge in [-0.05, 0) is 18.2 Å². The number of nitro groups is 1. The van der Waals surface area contributed by atoms with Gasteiger partial charge >= 0.3 is 11.7 Å². The summed E-state index contributed by atoms with van der Waals surface area (Å²) >= 11 is 0. The van der Waals surface area contributed by atoms with Crippen molar-refractivity contribution in [3.63, 3.8) is 0 Å². The number of benzene rings is 2. The van der Waals surface area contributed by atoms with Crippen molar-refractivity contribution < 1.29 is 24.0 Å². The molecule has 0 fully saturated rings. The molecule has 102 valence electrons. The van der Waals surface area contributed by atoms with Crippen LogP contribution in [0.3, 0.4) is 0 Å². The molecule has 0 bridgehead atoms. The lowest BCUT2D eigenvalue weighted by Crippen LogP contribution is -2.00. The first-order chi connectivity index (χ1) is 9.49. The number of aromatic carboxylic acids is 1. The summed E-state index contributed by atoms with van der Waals surface area (Å²) in [5, 5.41) is 19.5. The van der Waals surface area contributed by atoms with Gasteiger partial charge in [-0.25, -0.2) is 4.79 Å². The molecular weight excluding hydrogens is 269 g/mol. The van der Waals surface area contributed by atoms with Gasteiger partial charge in [0.25, 0.3) is 0 Å². The smallest absolute Gasteiger partial charge is 0.339 e. The normalized spacial score (nSPS) is 10.1. The van der Waals surface area contributed by atoms with Crippen LogP contribution in [-0.4, -0.2) is 16.0 Å². The van der Waals surface area contributed by atoms with Gasteiger partial charge in [0.1, 0.15) is 17.1 Å². The van der Waals surface area contributed by atoms with Crippen LogP contribution in [0.2, 0.25) is 0 Å². The van der Waals surface area contributed by atoms with Crippen molar-refractivity contribution in [2.75, 3.05) is 0 Å². The number of nitrogens with zero attached hydrogens (tertiary/aromatic N) is 1. The standard InChI is InChI=1S/C13H8FNO5/c14-10-7-8(5-6-11(10)15(18)19)20-12-4-2-1-3-9(12)13(16)17/h1-7H,(H,16,17). The average molecular weight is 277 g/mol. The number of carboxylic acids is 1. The lowest BCUT2D eigenvalue weighted by Gasteiger charge is -2.08. The molecule has 7 heteroatoms. The molecule has 0 amide bonds. The summed E-state index contributed by atoms with van der Waals surface area (Å²) in [5.74, 6) is -2.25. The molecule has 2 aromatic carbocycles. The van der Waals surface area contributed by atoms with Crippen LogP contribution >= 0.6 is 0 Å². The van der Waals surface area contributed by atoms with E-state index in [0.717, 1.165) is 12.1 Å². The minimum absolute atomic E-state index is 0.0215. The van der Waals surface area contributed by atoms with Crippen molar-refractivity contribution in [3.05, 3.63) is 64.0 Å². The summed E-state index contributed by atoms with van der Waals surface area (Å²) < 4.78 is 18.7. The van der Waals surface area contributed by atoms with Crippen LogP contribution in [0.25, 0.3) is 0 Å². The number of carboxylic acid groups (broad SMARTS) is 1. The summed E-state index contributed by atoms with van der Waals surface area (Å²) in [6.07, 6.45) is 0. The molecule has 0 saturated carbocycles. The predicted octanol–water partition coefficient (Wildman–Crippen LogP) is 3.22. The molecule has 2 aromatic rings. The first-order valence-electron chi connectivity index (χ1n) is 5.43. The van der Waals surface area contributed by atoms with E-state index in [1.807, 2.05) is 0 Å². The molecule has 0 spiro atoms. The molecule has 0 atom stereocenters. The summed E-state index contributed by atoms with van der Waals surface area (Å²) in [6.45, 7) is 0. The molecule has 0 saturated heterocycles. The zero-order valence-electron chi connectivity index (χ0n) is 9.95. The van der Waals surface area contributed by atoms with E-state index in [1.165, 1.54) is 24.3 Å². The maximum Gasteiger partial charge on any atom is 0.339 e. The Morgan fingerprint density at radius 3 is 2.55 bits per heavy atom. The van der Waals surface area contributed by atoms with Crippen LogP contribution in [0.5, 0.6) is 11.5 Å². The van der Waals surface area contributed by atoms with Gasteiger partial charge in [0.05, 0.1) is 4.92 Å². The summed E-state index contributed by atoms with van der Waals surface area (Å²) in [7, 11) is 0. The van der Waals surface area contributed by atoms with E-state index >= 15 is 0 Å². The van der Waals surface area contributed by atoms with E-state index in [1.54, 1.807) is 6.07 Å². The first kappa shape index (κ1) is 13.5. The quantitative estimate of drug-likeness (QED) is 0.684. The molecule has 0 heterocycles. The van der Waals surface area contributed by atoms with Crippen molar-refractivity contribution in [2.24, 2.45) is 0 Å². The molecule has 0 aliphatic carbocycles.